The summed E-state index contributed by atoms with van der Waals surface area (Å²) in [6.07, 6.45) is 1.86. The predicted octanol–water partition coefficient (Wildman–Crippen LogP) is 2.84. The van der Waals surface area contributed by atoms with Gasteiger partial charge < -0.3 is 10.6 Å². The quantitative estimate of drug-likeness (QED) is 0.936. The molecule has 2 aromatic carbocycles. The van der Waals surface area contributed by atoms with E-state index < -0.39 is 0 Å². The maximum absolute atomic E-state index is 12.9. The molecular weight excluding hydrogens is 260 g/mol. The molecule has 0 bridgehead atoms. The summed E-state index contributed by atoms with van der Waals surface area (Å²) in [5, 5.41) is 0. The van der Waals surface area contributed by atoms with Crippen molar-refractivity contribution in [2.75, 3.05) is 11.9 Å². The van der Waals surface area contributed by atoms with E-state index in [0.29, 0.717) is 6.54 Å². The van der Waals surface area contributed by atoms with E-state index in [-0.39, 0.29) is 11.3 Å². The summed E-state index contributed by atoms with van der Waals surface area (Å²) >= 11 is 0. The van der Waals surface area contributed by atoms with Crippen LogP contribution in [-0.2, 0) is 16.8 Å². The van der Waals surface area contributed by atoms with E-state index in [4.69, 9.17) is 5.73 Å². The largest absolute Gasteiger partial charge is 0.326 e. The van der Waals surface area contributed by atoms with Crippen LogP contribution in [0.15, 0.2) is 54.6 Å². The third-order valence-corrected chi connectivity index (χ3v) is 4.35. The highest BCUT2D eigenvalue weighted by molar-refractivity contribution is 6.02. The molecule has 1 amide bonds. The molecule has 3 rings (SSSR count). The van der Waals surface area contributed by atoms with Crippen molar-refractivity contribution >= 4 is 11.6 Å². The van der Waals surface area contributed by atoms with Crippen LogP contribution in [0.25, 0.3) is 0 Å². The van der Waals surface area contributed by atoms with Crippen molar-refractivity contribution in [2.45, 2.75) is 24.8 Å². The summed E-state index contributed by atoms with van der Waals surface area (Å²) in [6.45, 7) is 0.520. The Morgan fingerprint density at radius 3 is 2.24 bits per heavy atom. The number of carbonyl (C=O) groups excluding carboxylic acids is 1. The summed E-state index contributed by atoms with van der Waals surface area (Å²) in [6, 6.07) is 18.0. The zero-order chi connectivity index (χ0) is 14.9. The number of hydrogen-bond acceptors (Lipinski definition) is 2. The van der Waals surface area contributed by atoms with Gasteiger partial charge >= 0.3 is 0 Å². The van der Waals surface area contributed by atoms with Crippen molar-refractivity contribution in [1.29, 1.82) is 0 Å². The SMILES string of the molecule is CN(C(=O)C1(c2ccccc2)CC1)c1ccc(CN)cc1. The van der Waals surface area contributed by atoms with E-state index in [2.05, 4.69) is 12.1 Å². The van der Waals surface area contributed by atoms with E-state index >= 15 is 0 Å². The zero-order valence-corrected chi connectivity index (χ0v) is 12.3. The van der Waals surface area contributed by atoms with Gasteiger partial charge in [-0.1, -0.05) is 42.5 Å². The third kappa shape index (κ3) is 2.45. The summed E-state index contributed by atoms with van der Waals surface area (Å²) < 4.78 is 0. The first kappa shape index (κ1) is 13.8. The van der Waals surface area contributed by atoms with Gasteiger partial charge in [-0.2, -0.15) is 0 Å². The van der Waals surface area contributed by atoms with Crippen LogP contribution in [0.2, 0.25) is 0 Å². The molecule has 21 heavy (non-hydrogen) atoms. The Labute approximate surface area is 125 Å². The Balaban J connectivity index is 1.84. The second kappa shape index (κ2) is 5.34. The standard InChI is InChI=1S/C18H20N2O/c1-20(16-9-7-14(13-19)8-10-16)17(21)18(11-12-18)15-5-3-2-4-6-15/h2-10H,11-13,19H2,1H3. The van der Waals surface area contributed by atoms with Crippen molar-refractivity contribution in [3.63, 3.8) is 0 Å². The molecule has 0 aliphatic heterocycles. The number of rotatable bonds is 4. The molecule has 3 heteroatoms. The monoisotopic (exact) mass is 280 g/mol. The number of amides is 1. The van der Waals surface area contributed by atoms with Crippen LogP contribution in [0, 0.1) is 0 Å². The topological polar surface area (TPSA) is 46.3 Å². The average Bonchev–Trinajstić information content (AvgIpc) is 3.36. The molecule has 2 N–H and O–H groups in total. The Morgan fingerprint density at radius 1 is 1.10 bits per heavy atom. The Bertz CT molecular complexity index is 630. The number of nitrogens with two attached hydrogens (primary N) is 1. The number of benzene rings is 2. The van der Waals surface area contributed by atoms with Crippen molar-refractivity contribution in [3.8, 4) is 0 Å². The normalized spacial score (nSPS) is 15.5. The van der Waals surface area contributed by atoms with Gasteiger partial charge in [-0.15, -0.1) is 0 Å². The smallest absolute Gasteiger partial charge is 0.237 e. The van der Waals surface area contributed by atoms with Crippen LogP contribution in [0.4, 0.5) is 5.69 Å². The summed E-state index contributed by atoms with van der Waals surface area (Å²) in [4.78, 5) is 14.6. The first-order valence-electron chi connectivity index (χ1n) is 7.30. The molecule has 0 saturated heterocycles. The minimum Gasteiger partial charge on any atom is -0.326 e. The third-order valence-electron chi connectivity index (χ3n) is 4.35. The Hall–Kier alpha value is -2.13. The van der Waals surface area contributed by atoms with E-state index in [0.717, 1.165) is 29.7 Å². The first-order chi connectivity index (χ1) is 10.2. The highest BCUT2D eigenvalue weighted by Gasteiger charge is 2.52. The highest BCUT2D eigenvalue weighted by Crippen LogP contribution is 2.49. The molecule has 0 spiro atoms. The predicted molar refractivity (Wildman–Crippen MR) is 85.1 cm³/mol. The van der Waals surface area contributed by atoms with Gasteiger partial charge in [-0.3, -0.25) is 4.79 Å². The second-order valence-electron chi connectivity index (χ2n) is 5.68. The zero-order valence-electron chi connectivity index (χ0n) is 12.3. The highest BCUT2D eigenvalue weighted by atomic mass is 16.2. The van der Waals surface area contributed by atoms with Crippen molar-refractivity contribution in [2.24, 2.45) is 5.73 Å². The van der Waals surface area contributed by atoms with Crippen molar-refractivity contribution < 1.29 is 4.79 Å². The number of carbonyl (C=O) groups is 1. The molecular formula is C18H20N2O. The van der Waals surface area contributed by atoms with Crippen molar-refractivity contribution in [1.82, 2.24) is 0 Å². The van der Waals surface area contributed by atoms with Gasteiger partial charge in [0.25, 0.3) is 0 Å². The maximum atomic E-state index is 12.9. The van der Waals surface area contributed by atoms with Crippen LogP contribution in [0.1, 0.15) is 24.0 Å². The fourth-order valence-corrected chi connectivity index (χ4v) is 2.80. The summed E-state index contributed by atoms with van der Waals surface area (Å²) in [7, 11) is 1.85. The van der Waals surface area contributed by atoms with Crippen LogP contribution in [0.3, 0.4) is 0 Å². The molecule has 0 radical (unpaired) electrons. The minimum absolute atomic E-state index is 0.175. The number of nitrogens with zero attached hydrogens (tertiary/aromatic N) is 1. The van der Waals surface area contributed by atoms with E-state index in [1.165, 1.54) is 0 Å². The van der Waals surface area contributed by atoms with Crippen molar-refractivity contribution in [3.05, 3.63) is 65.7 Å². The van der Waals surface area contributed by atoms with Gasteiger partial charge in [0.1, 0.15) is 0 Å². The molecule has 0 aromatic heterocycles. The first-order valence-corrected chi connectivity index (χ1v) is 7.30. The maximum Gasteiger partial charge on any atom is 0.237 e. The molecule has 0 atom stereocenters. The van der Waals surface area contributed by atoms with Gasteiger partial charge in [0.05, 0.1) is 5.41 Å². The molecule has 108 valence electrons. The number of likely N-dealkylation sites (N-methyl/N-ethyl adjacent to an activating group) is 1. The molecule has 2 aromatic rings. The molecule has 1 aliphatic carbocycles. The van der Waals surface area contributed by atoms with Gasteiger partial charge in [0.2, 0.25) is 5.91 Å². The van der Waals surface area contributed by atoms with Crippen LogP contribution in [0.5, 0.6) is 0 Å². The lowest BCUT2D eigenvalue weighted by atomic mass is 9.94. The lowest BCUT2D eigenvalue weighted by Crippen LogP contribution is -2.36. The molecule has 1 fully saturated rings. The fourth-order valence-electron chi connectivity index (χ4n) is 2.80. The van der Waals surface area contributed by atoms with E-state index in [9.17, 15) is 4.79 Å². The lowest BCUT2D eigenvalue weighted by Gasteiger charge is -2.24. The summed E-state index contributed by atoms with van der Waals surface area (Å²) in [5.41, 5.74) is 8.41. The molecule has 3 nitrogen and oxygen atoms in total. The molecule has 0 heterocycles. The lowest BCUT2D eigenvalue weighted by molar-refractivity contribution is -0.120. The van der Waals surface area contributed by atoms with Crippen LogP contribution < -0.4 is 10.6 Å². The van der Waals surface area contributed by atoms with Gasteiger partial charge in [-0.05, 0) is 36.1 Å². The summed E-state index contributed by atoms with van der Waals surface area (Å²) in [5.74, 6) is 0.175. The van der Waals surface area contributed by atoms with E-state index in [1.807, 2.05) is 49.5 Å². The minimum atomic E-state index is -0.317. The van der Waals surface area contributed by atoms with Gasteiger partial charge in [0, 0.05) is 19.3 Å². The molecule has 1 aliphatic rings. The Kier molecular flexibility index (Phi) is 3.52. The van der Waals surface area contributed by atoms with Crippen LogP contribution in [-0.4, -0.2) is 13.0 Å². The van der Waals surface area contributed by atoms with Gasteiger partial charge in [0.15, 0.2) is 0 Å². The number of anilines is 1. The second-order valence-corrected chi connectivity index (χ2v) is 5.68. The number of hydrogen-bond donors (Lipinski definition) is 1. The van der Waals surface area contributed by atoms with Gasteiger partial charge in [-0.25, -0.2) is 0 Å². The Morgan fingerprint density at radius 2 is 1.71 bits per heavy atom. The fraction of sp³-hybridized carbons (Fsp3) is 0.278. The average molecular weight is 280 g/mol. The molecule has 0 unspecified atom stereocenters. The van der Waals surface area contributed by atoms with Crippen LogP contribution >= 0.6 is 0 Å². The molecule has 1 saturated carbocycles. The van der Waals surface area contributed by atoms with E-state index in [1.54, 1.807) is 4.90 Å².